The molecule has 2 amide bonds. The molecule has 0 N–H and O–H groups in total. The van der Waals surface area contributed by atoms with E-state index in [0.717, 1.165) is 6.42 Å². The van der Waals surface area contributed by atoms with Crippen LogP contribution in [-0.2, 0) is 4.79 Å². The van der Waals surface area contributed by atoms with Crippen molar-refractivity contribution in [1.29, 1.82) is 0 Å². The Bertz CT molecular complexity index is 833. The standard InChI is InChI=1S/C22H26N2O4/c1-16(2)28-18-12-10-17(11-13-18)22(26)24(15-23-14-6-9-21(23)25)19-7-4-5-8-20(19)27-3/h4-5,7-8,10-13,16H,6,9,14-15H2,1-3H3. The van der Waals surface area contributed by atoms with Crippen molar-refractivity contribution in [3.8, 4) is 11.5 Å². The summed E-state index contributed by atoms with van der Waals surface area (Å²) in [6, 6.07) is 14.4. The number of likely N-dealkylation sites (tertiary alicyclic amines) is 1. The van der Waals surface area contributed by atoms with Crippen LogP contribution in [-0.4, -0.2) is 43.1 Å². The summed E-state index contributed by atoms with van der Waals surface area (Å²) in [6.07, 6.45) is 1.40. The van der Waals surface area contributed by atoms with Crippen LogP contribution < -0.4 is 14.4 Å². The van der Waals surface area contributed by atoms with Crippen molar-refractivity contribution in [3.05, 3.63) is 54.1 Å². The average Bonchev–Trinajstić information content (AvgIpc) is 3.10. The number of rotatable bonds is 7. The van der Waals surface area contributed by atoms with E-state index in [1.165, 1.54) is 0 Å². The van der Waals surface area contributed by atoms with Crippen molar-refractivity contribution in [3.63, 3.8) is 0 Å². The molecule has 6 nitrogen and oxygen atoms in total. The fraction of sp³-hybridized carbons (Fsp3) is 0.364. The van der Waals surface area contributed by atoms with Crippen LogP contribution in [0, 0.1) is 0 Å². The fourth-order valence-electron chi connectivity index (χ4n) is 3.23. The Labute approximate surface area is 165 Å². The van der Waals surface area contributed by atoms with Crippen molar-refractivity contribution in [2.75, 3.05) is 25.2 Å². The molecule has 0 radical (unpaired) electrons. The highest BCUT2D eigenvalue weighted by molar-refractivity contribution is 6.07. The zero-order valence-electron chi connectivity index (χ0n) is 16.6. The molecule has 1 fully saturated rings. The molecule has 2 aromatic rings. The largest absolute Gasteiger partial charge is 0.495 e. The van der Waals surface area contributed by atoms with Gasteiger partial charge in [0, 0.05) is 18.5 Å². The molecule has 3 rings (SSSR count). The molecule has 6 heteroatoms. The summed E-state index contributed by atoms with van der Waals surface area (Å²) in [5.74, 6) is 1.17. The van der Waals surface area contributed by atoms with Crippen LogP contribution in [0.1, 0.15) is 37.0 Å². The van der Waals surface area contributed by atoms with Gasteiger partial charge in [-0.3, -0.25) is 14.5 Å². The molecule has 0 bridgehead atoms. The van der Waals surface area contributed by atoms with Crippen molar-refractivity contribution in [1.82, 2.24) is 4.90 Å². The van der Waals surface area contributed by atoms with Gasteiger partial charge in [0.15, 0.2) is 0 Å². The van der Waals surface area contributed by atoms with Gasteiger partial charge in [0.25, 0.3) is 5.91 Å². The molecule has 1 saturated heterocycles. The first-order valence-electron chi connectivity index (χ1n) is 9.49. The quantitative estimate of drug-likeness (QED) is 0.732. The summed E-state index contributed by atoms with van der Waals surface area (Å²) in [5, 5.41) is 0. The average molecular weight is 382 g/mol. The lowest BCUT2D eigenvalue weighted by atomic mass is 10.1. The van der Waals surface area contributed by atoms with Crippen LogP contribution in [0.4, 0.5) is 5.69 Å². The first-order valence-corrected chi connectivity index (χ1v) is 9.49. The number of carbonyl (C=O) groups is 2. The third kappa shape index (κ3) is 4.44. The number of hydrogen-bond donors (Lipinski definition) is 0. The monoisotopic (exact) mass is 382 g/mol. The van der Waals surface area contributed by atoms with E-state index in [4.69, 9.17) is 9.47 Å². The second-order valence-corrected chi connectivity index (χ2v) is 7.00. The SMILES string of the molecule is COc1ccccc1N(CN1CCCC1=O)C(=O)c1ccc(OC(C)C)cc1. The zero-order chi connectivity index (χ0) is 20.1. The van der Waals surface area contributed by atoms with Gasteiger partial charge in [-0.2, -0.15) is 0 Å². The number of ether oxygens (including phenoxy) is 2. The van der Waals surface area contributed by atoms with Crippen LogP contribution >= 0.6 is 0 Å². The molecule has 0 atom stereocenters. The Hall–Kier alpha value is -3.02. The highest BCUT2D eigenvalue weighted by Gasteiger charge is 2.28. The lowest BCUT2D eigenvalue weighted by Crippen LogP contribution is -2.42. The molecule has 1 aliphatic heterocycles. The van der Waals surface area contributed by atoms with Gasteiger partial charge in [0.2, 0.25) is 5.91 Å². The molecule has 1 heterocycles. The van der Waals surface area contributed by atoms with Crippen molar-refractivity contribution in [2.45, 2.75) is 32.8 Å². The topological polar surface area (TPSA) is 59.1 Å². The maximum Gasteiger partial charge on any atom is 0.259 e. The van der Waals surface area contributed by atoms with E-state index in [1.54, 1.807) is 47.2 Å². The molecule has 2 aromatic carbocycles. The summed E-state index contributed by atoms with van der Waals surface area (Å²) < 4.78 is 11.1. The summed E-state index contributed by atoms with van der Waals surface area (Å²) in [6.45, 7) is 4.76. The maximum absolute atomic E-state index is 13.3. The van der Waals surface area contributed by atoms with Crippen LogP contribution in [0.15, 0.2) is 48.5 Å². The number of hydrogen-bond acceptors (Lipinski definition) is 4. The number of para-hydroxylation sites is 2. The van der Waals surface area contributed by atoms with Gasteiger partial charge >= 0.3 is 0 Å². The Morgan fingerprint density at radius 3 is 2.46 bits per heavy atom. The van der Waals surface area contributed by atoms with E-state index >= 15 is 0 Å². The van der Waals surface area contributed by atoms with Gasteiger partial charge in [-0.05, 0) is 56.7 Å². The first-order chi connectivity index (χ1) is 13.5. The Morgan fingerprint density at radius 2 is 1.86 bits per heavy atom. The van der Waals surface area contributed by atoms with Gasteiger partial charge in [-0.1, -0.05) is 12.1 Å². The predicted octanol–water partition coefficient (Wildman–Crippen LogP) is 3.71. The van der Waals surface area contributed by atoms with E-state index in [2.05, 4.69) is 0 Å². The minimum Gasteiger partial charge on any atom is -0.495 e. The predicted molar refractivity (Wildman–Crippen MR) is 108 cm³/mol. The van der Waals surface area contributed by atoms with E-state index < -0.39 is 0 Å². The summed E-state index contributed by atoms with van der Waals surface area (Å²) in [4.78, 5) is 28.8. The Balaban J connectivity index is 1.91. The van der Waals surface area contributed by atoms with Gasteiger partial charge in [0.05, 0.1) is 18.9 Å². The van der Waals surface area contributed by atoms with Gasteiger partial charge < -0.3 is 14.4 Å². The van der Waals surface area contributed by atoms with Gasteiger partial charge in [-0.25, -0.2) is 0 Å². The number of benzene rings is 2. The van der Waals surface area contributed by atoms with Gasteiger partial charge in [-0.15, -0.1) is 0 Å². The van der Waals surface area contributed by atoms with Crippen molar-refractivity contribution < 1.29 is 19.1 Å². The molecule has 0 saturated carbocycles. The maximum atomic E-state index is 13.3. The fourth-order valence-corrected chi connectivity index (χ4v) is 3.23. The highest BCUT2D eigenvalue weighted by atomic mass is 16.5. The Kier molecular flexibility index (Phi) is 6.19. The lowest BCUT2D eigenvalue weighted by molar-refractivity contribution is -0.127. The smallest absolute Gasteiger partial charge is 0.259 e. The van der Waals surface area contributed by atoms with Crippen molar-refractivity contribution in [2.24, 2.45) is 0 Å². The van der Waals surface area contributed by atoms with E-state index in [-0.39, 0.29) is 24.6 Å². The number of amides is 2. The molecule has 0 spiro atoms. The Morgan fingerprint density at radius 1 is 1.14 bits per heavy atom. The first kappa shape index (κ1) is 19.7. The highest BCUT2D eigenvalue weighted by Crippen LogP contribution is 2.30. The second-order valence-electron chi connectivity index (χ2n) is 7.00. The van der Waals surface area contributed by atoms with E-state index in [9.17, 15) is 9.59 Å². The minimum absolute atomic E-state index is 0.0628. The number of anilines is 1. The number of methoxy groups -OCH3 is 1. The third-order valence-corrected chi connectivity index (χ3v) is 4.58. The zero-order valence-corrected chi connectivity index (χ0v) is 16.6. The van der Waals surface area contributed by atoms with Crippen LogP contribution in [0.2, 0.25) is 0 Å². The van der Waals surface area contributed by atoms with Crippen LogP contribution in [0.3, 0.4) is 0 Å². The van der Waals surface area contributed by atoms with E-state index in [0.29, 0.717) is 35.7 Å². The second kappa shape index (κ2) is 8.78. The lowest BCUT2D eigenvalue weighted by Gasteiger charge is -2.29. The molecule has 0 unspecified atom stereocenters. The molecule has 0 aromatic heterocycles. The summed E-state index contributed by atoms with van der Waals surface area (Å²) in [5.41, 5.74) is 1.16. The summed E-state index contributed by atoms with van der Waals surface area (Å²) in [7, 11) is 1.57. The molecule has 1 aliphatic rings. The minimum atomic E-state index is -0.194. The number of carbonyl (C=O) groups excluding carboxylic acids is 2. The molecule has 0 aliphatic carbocycles. The van der Waals surface area contributed by atoms with Gasteiger partial charge in [0.1, 0.15) is 18.2 Å². The normalized spacial score (nSPS) is 13.7. The third-order valence-electron chi connectivity index (χ3n) is 4.58. The molecule has 28 heavy (non-hydrogen) atoms. The van der Waals surface area contributed by atoms with Crippen LogP contribution in [0.5, 0.6) is 11.5 Å². The summed E-state index contributed by atoms with van der Waals surface area (Å²) >= 11 is 0. The number of nitrogens with zero attached hydrogens (tertiary/aromatic N) is 2. The van der Waals surface area contributed by atoms with Crippen molar-refractivity contribution >= 4 is 17.5 Å². The van der Waals surface area contributed by atoms with Crippen LogP contribution in [0.25, 0.3) is 0 Å². The molecular weight excluding hydrogens is 356 g/mol. The molecule has 148 valence electrons. The van der Waals surface area contributed by atoms with E-state index in [1.807, 2.05) is 32.0 Å². The molecular formula is C22H26N2O4.